The smallest absolute Gasteiger partial charge is 0.241 e. The van der Waals surface area contributed by atoms with Crippen LogP contribution in [0.4, 0.5) is 0 Å². The average Bonchev–Trinajstić information content (AvgIpc) is 0.811. The molecule has 0 aromatic carbocycles. The van der Waals surface area contributed by atoms with Gasteiger partial charge in [0.1, 0.15) is 0 Å². The van der Waals surface area contributed by atoms with E-state index in [0.29, 0.717) is 0 Å². The molecule has 0 aliphatic rings. The van der Waals surface area contributed by atoms with Crippen LogP contribution in [0.2, 0.25) is 0 Å². The van der Waals surface area contributed by atoms with Crippen molar-refractivity contribution in [1.29, 1.82) is 0 Å². The molecular weight excluding hydrogens is 153 g/mol. The van der Waals surface area contributed by atoms with Crippen LogP contribution < -0.4 is 0 Å². The maximum Gasteiger partial charge on any atom is 0.241 e. The van der Waals surface area contributed by atoms with Crippen molar-refractivity contribution in [2.75, 3.05) is 0 Å². The molecule has 0 heterocycles. The first-order valence-corrected chi connectivity index (χ1v) is 4.01. The Morgan fingerprint density at radius 3 is 1.40 bits per heavy atom. The van der Waals surface area contributed by atoms with Gasteiger partial charge in [-0.15, -0.1) is 12.4 Å². The molecule has 0 saturated heterocycles. The highest BCUT2D eigenvalue weighted by molar-refractivity contribution is 7.95. The van der Waals surface area contributed by atoms with Crippen LogP contribution in [0.25, 0.3) is 0 Å². The Hall–Kier alpha value is 1.10. The average molecular weight is 155 g/mol. The second-order valence-electron chi connectivity index (χ2n) is 0.226. The van der Waals surface area contributed by atoms with Crippen LogP contribution in [0.3, 0.4) is 0 Å². The van der Waals surface area contributed by atoms with Gasteiger partial charge in [0.25, 0.3) is 0 Å². The van der Waals surface area contributed by atoms with Crippen LogP contribution in [-0.2, 0) is 4.57 Å². The highest BCUT2D eigenvalue weighted by atomic mass is 35.9. The van der Waals surface area contributed by atoms with Crippen molar-refractivity contribution in [1.82, 2.24) is 0 Å². The van der Waals surface area contributed by atoms with Gasteiger partial charge in [0.15, 0.2) is 0 Å². The molecule has 0 radical (unpaired) electrons. The molecule has 0 unspecified atom stereocenters. The molecule has 0 amide bonds. The van der Waals surface area contributed by atoms with E-state index in [1.165, 1.54) is 0 Å². The molecular formula is H2Cl3OP. The Kier molecular flexibility index (Phi) is 9.63. The van der Waals surface area contributed by atoms with Gasteiger partial charge >= 0.3 is 0 Å². The maximum absolute atomic E-state index is 9.16. The van der Waals surface area contributed by atoms with Crippen LogP contribution in [0.1, 0.15) is 0 Å². The maximum atomic E-state index is 9.16. The third-order valence-corrected chi connectivity index (χ3v) is 0. The summed E-state index contributed by atoms with van der Waals surface area (Å²) in [5.74, 6) is 0. The number of halogens is 3. The quantitative estimate of drug-likeness (QED) is 0.491. The molecule has 0 aromatic rings. The largest absolute Gasteiger partial charge is 0.293 e. The molecule has 0 fully saturated rings. The standard InChI is InChI=1S/Cl2HOP.ClH/c1-4(2)3;/h4H;1H. The minimum atomic E-state index is -2.19. The molecule has 0 aliphatic heterocycles. The summed E-state index contributed by atoms with van der Waals surface area (Å²) in [4.78, 5) is 0. The Morgan fingerprint density at radius 1 is 1.40 bits per heavy atom. The Bertz CT molecular complexity index is 29.9. The Balaban J connectivity index is 0. The fraction of sp³-hybridized carbons (Fsp3) is 0. The molecule has 0 saturated carbocycles. The topological polar surface area (TPSA) is 17.1 Å². The third-order valence-electron chi connectivity index (χ3n) is 0. The zero-order valence-corrected chi connectivity index (χ0v) is 5.40. The summed E-state index contributed by atoms with van der Waals surface area (Å²) in [5, 5.41) is 0. The van der Waals surface area contributed by atoms with Crippen LogP contribution in [0.5, 0.6) is 0 Å². The van der Waals surface area contributed by atoms with E-state index in [-0.39, 0.29) is 12.4 Å². The summed E-state index contributed by atoms with van der Waals surface area (Å²) in [6.07, 6.45) is 0. The third kappa shape index (κ3) is 40.5. The van der Waals surface area contributed by atoms with Gasteiger partial charge in [-0.1, -0.05) is 0 Å². The molecule has 34 valence electrons. The molecule has 0 bridgehead atoms. The molecule has 0 spiro atoms. The van der Waals surface area contributed by atoms with E-state index in [2.05, 4.69) is 22.5 Å². The summed E-state index contributed by atoms with van der Waals surface area (Å²) in [5.41, 5.74) is 0. The van der Waals surface area contributed by atoms with Crippen molar-refractivity contribution in [3.05, 3.63) is 0 Å². The fourth-order valence-corrected chi connectivity index (χ4v) is 0. The molecule has 0 rings (SSSR count). The molecule has 0 aliphatic carbocycles. The highest BCUT2D eigenvalue weighted by Crippen LogP contribution is 2.31. The monoisotopic (exact) mass is 154 g/mol. The zero-order valence-electron chi connectivity index (χ0n) is 2.07. The summed E-state index contributed by atoms with van der Waals surface area (Å²) in [7, 11) is 0. The van der Waals surface area contributed by atoms with Gasteiger partial charge in [0, 0.05) is 0 Å². The van der Waals surface area contributed by atoms with Crippen molar-refractivity contribution in [2.45, 2.75) is 0 Å². The Labute approximate surface area is 46.4 Å². The van der Waals surface area contributed by atoms with Gasteiger partial charge in [-0.3, -0.25) is 4.57 Å². The zero-order chi connectivity index (χ0) is 3.58. The van der Waals surface area contributed by atoms with Crippen molar-refractivity contribution in [2.24, 2.45) is 0 Å². The van der Waals surface area contributed by atoms with Gasteiger partial charge in [0.05, 0.1) is 0 Å². The molecule has 0 N–H and O–H groups in total. The van der Waals surface area contributed by atoms with Gasteiger partial charge in [-0.05, 0) is 22.5 Å². The summed E-state index contributed by atoms with van der Waals surface area (Å²) in [6.45, 7) is -2.19. The lowest BCUT2D eigenvalue weighted by Gasteiger charge is -1.52. The molecule has 0 aromatic heterocycles. The number of hydrogen-bond donors (Lipinski definition) is 0. The predicted molar refractivity (Wildman–Crippen MR) is 28.0 cm³/mol. The van der Waals surface area contributed by atoms with E-state index in [1.807, 2.05) is 0 Å². The fourth-order valence-electron chi connectivity index (χ4n) is 0. The van der Waals surface area contributed by atoms with Crippen molar-refractivity contribution >= 4 is 41.4 Å². The summed E-state index contributed by atoms with van der Waals surface area (Å²) in [6, 6.07) is 0. The van der Waals surface area contributed by atoms with Crippen LogP contribution in [0.15, 0.2) is 0 Å². The molecule has 5 heteroatoms. The van der Waals surface area contributed by atoms with Gasteiger partial charge in [0.2, 0.25) is 6.51 Å². The first-order valence-electron chi connectivity index (χ1n) is 0.582. The van der Waals surface area contributed by atoms with E-state index in [9.17, 15) is 0 Å². The van der Waals surface area contributed by atoms with E-state index >= 15 is 0 Å². The first-order chi connectivity index (χ1) is 1.73. The highest BCUT2D eigenvalue weighted by Gasteiger charge is 1.67. The minimum Gasteiger partial charge on any atom is -0.293 e. The number of hydrogen-bond acceptors (Lipinski definition) is 1. The van der Waals surface area contributed by atoms with Gasteiger partial charge < -0.3 is 0 Å². The lowest BCUT2D eigenvalue weighted by Crippen LogP contribution is -0.953. The molecule has 0 atom stereocenters. The van der Waals surface area contributed by atoms with Crippen LogP contribution in [-0.4, -0.2) is 0 Å². The SMILES string of the molecule is Cl.O=[PH](Cl)Cl. The second-order valence-corrected chi connectivity index (χ2v) is 3.32. The van der Waals surface area contributed by atoms with Crippen molar-refractivity contribution in [3.8, 4) is 0 Å². The first kappa shape index (κ1) is 9.44. The lowest BCUT2D eigenvalue weighted by molar-refractivity contribution is 0.602. The van der Waals surface area contributed by atoms with Gasteiger partial charge in [-0.2, -0.15) is 0 Å². The van der Waals surface area contributed by atoms with E-state index in [4.69, 9.17) is 4.57 Å². The van der Waals surface area contributed by atoms with E-state index < -0.39 is 6.51 Å². The van der Waals surface area contributed by atoms with Crippen LogP contribution >= 0.6 is 41.4 Å². The van der Waals surface area contributed by atoms with E-state index in [0.717, 1.165) is 0 Å². The Morgan fingerprint density at radius 2 is 1.40 bits per heavy atom. The minimum absolute atomic E-state index is 0. The van der Waals surface area contributed by atoms with Crippen LogP contribution in [0, 0.1) is 0 Å². The predicted octanol–water partition coefficient (Wildman–Crippen LogP) is 2.28. The van der Waals surface area contributed by atoms with Gasteiger partial charge in [-0.25, -0.2) is 0 Å². The molecule has 5 heavy (non-hydrogen) atoms. The normalized spacial score (nSPS) is 7.00. The lowest BCUT2D eigenvalue weighted by atomic mass is 16.0. The van der Waals surface area contributed by atoms with Crippen molar-refractivity contribution in [3.63, 3.8) is 0 Å². The summed E-state index contributed by atoms with van der Waals surface area (Å²) >= 11 is 9.17. The van der Waals surface area contributed by atoms with Crippen molar-refractivity contribution < 1.29 is 4.57 Å². The second kappa shape index (κ2) is 5.10. The number of rotatable bonds is 0. The van der Waals surface area contributed by atoms with E-state index in [1.54, 1.807) is 0 Å². The molecule has 1 nitrogen and oxygen atoms in total. The summed E-state index contributed by atoms with van der Waals surface area (Å²) < 4.78 is 9.16.